The zero-order chi connectivity index (χ0) is 16.2. The van der Waals surface area contributed by atoms with E-state index < -0.39 is 0 Å². The Labute approximate surface area is 135 Å². The van der Waals surface area contributed by atoms with Crippen molar-refractivity contribution < 1.29 is 4.52 Å². The van der Waals surface area contributed by atoms with Gasteiger partial charge in [0.1, 0.15) is 6.33 Å². The summed E-state index contributed by atoms with van der Waals surface area (Å²) >= 11 is 1.35. The van der Waals surface area contributed by atoms with E-state index in [1.54, 1.807) is 0 Å². The number of nitrogens with one attached hydrogen (secondary N) is 2. The molecular weight excluding hydrogens is 318 g/mol. The molecule has 0 fully saturated rings. The summed E-state index contributed by atoms with van der Waals surface area (Å²) in [5.41, 5.74) is 0.616. The highest BCUT2D eigenvalue weighted by molar-refractivity contribution is 7.99. The summed E-state index contributed by atoms with van der Waals surface area (Å²) < 4.78 is 5.24. The van der Waals surface area contributed by atoms with Crippen LogP contribution in [0.25, 0.3) is 11.6 Å². The van der Waals surface area contributed by atoms with E-state index in [4.69, 9.17) is 4.52 Å². The van der Waals surface area contributed by atoms with Gasteiger partial charge in [-0.3, -0.25) is 9.89 Å². The third kappa shape index (κ3) is 3.65. The van der Waals surface area contributed by atoms with Crippen LogP contribution in [0.4, 0.5) is 0 Å². The van der Waals surface area contributed by atoms with Crippen molar-refractivity contribution in [3.63, 3.8) is 0 Å². The maximum atomic E-state index is 11.7. The minimum absolute atomic E-state index is 0.161. The number of aryl methyl sites for hydroxylation is 1. The van der Waals surface area contributed by atoms with E-state index in [1.807, 2.05) is 13.8 Å². The van der Waals surface area contributed by atoms with Crippen LogP contribution < -0.4 is 5.56 Å². The SMILES string of the molecule is CCCc1cc(=O)[nH]c(S[C@H](C)c2nc(-c3ncn[nH]3)no2)n1. The zero-order valence-electron chi connectivity index (χ0n) is 12.6. The number of aromatic nitrogens is 7. The summed E-state index contributed by atoms with van der Waals surface area (Å²) in [6.45, 7) is 3.94. The van der Waals surface area contributed by atoms with Crippen molar-refractivity contribution in [3.05, 3.63) is 34.3 Å². The van der Waals surface area contributed by atoms with E-state index in [2.05, 4.69) is 35.3 Å². The summed E-state index contributed by atoms with van der Waals surface area (Å²) in [6.07, 6.45) is 3.07. The molecule has 0 aliphatic carbocycles. The third-order valence-electron chi connectivity index (χ3n) is 2.98. The van der Waals surface area contributed by atoms with E-state index >= 15 is 0 Å². The average molecular weight is 333 g/mol. The van der Waals surface area contributed by atoms with E-state index in [-0.39, 0.29) is 10.8 Å². The summed E-state index contributed by atoms with van der Waals surface area (Å²) in [5.74, 6) is 1.20. The number of hydrogen-bond acceptors (Lipinski definition) is 8. The predicted octanol–water partition coefficient (Wildman–Crippen LogP) is 1.74. The van der Waals surface area contributed by atoms with Crippen LogP contribution >= 0.6 is 11.8 Å². The molecule has 3 aromatic rings. The lowest BCUT2D eigenvalue weighted by molar-refractivity contribution is 0.380. The first kappa shape index (κ1) is 15.4. The van der Waals surface area contributed by atoms with E-state index in [0.717, 1.165) is 18.5 Å². The highest BCUT2D eigenvalue weighted by Gasteiger charge is 2.19. The Balaban J connectivity index is 1.77. The molecule has 3 heterocycles. The zero-order valence-corrected chi connectivity index (χ0v) is 13.4. The Morgan fingerprint density at radius 3 is 3.00 bits per heavy atom. The first-order valence-electron chi connectivity index (χ1n) is 7.12. The highest BCUT2D eigenvalue weighted by Crippen LogP contribution is 2.31. The van der Waals surface area contributed by atoms with Crippen molar-refractivity contribution in [1.29, 1.82) is 0 Å². The van der Waals surface area contributed by atoms with E-state index in [1.165, 1.54) is 24.2 Å². The second-order valence-electron chi connectivity index (χ2n) is 4.84. The second-order valence-corrected chi connectivity index (χ2v) is 6.17. The lowest BCUT2D eigenvalue weighted by Gasteiger charge is -2.06. The fourth-order valence-corrected chi connectivity index (χ4v) is 2.81. The van der Waals surface area contributed by atoms with Gasteiger partial charge in [-0.05, 0) is 13.3 Å². The quantitative estimate of drug-likeness (QED) is 0.516. The number of thioether (sulfide) groups is 1. The topological polar surface area (TPSA) is 126 Å². The van der Waals surface area contributed by atoms with Crippen LogP contribution in [0.15, 0.2) is 26.9 Å². The molecule has 0 aromatic carbocycles. The number of rotatable bonds is 6. The predicted molar refractivity (Wildman–Crippen MR) is 82.8 cm³/mol. The molecule has 0 bridgehead atoms. The molecule has 0 saturated heterocycles. The maximum absolute atomic E-state index is 11.7. The number of H-pyrrole nitrogens is 2. The van der Waals surface area contributed by atoms with Gasteiger partial charge in [0.2, 0.25) is 11.7 Å². The van der Waals surface area contributed by atoms with Crippen LogP contribution in [0.5, 0.6) is 0 Å². The van der Waals surface area contributed by atoms with Crippen molar-refractivity contribution in [2.75, 3.05) is 0 Å². The molecule has 120 valence electrons. The second kappa shape index (κ2) is 6.73. The molecule has 0 aliphatic heterocycles. The summed E-state index contributed by atoms with van der Waals surface area (Å²) in [7, 11) is 0. The molecule has 1 atom stereocenters. The Bertz CT molecular complexity index is 827. The molecule has 3 rings (SSSR count). The molecule has 10 heteroatoms. The fourth-order valence-electron chi connectivity index (χ4n) is 1.95. The molecule has 0 saturated carbocycles. The van der Waals surface area contributed by atoms with Gasteiger partial charge in [-0.25, -0.2) is 9.97 Å². The monoisotopic (exact) mass is 333 g/mol. The molecule has 0 unspecified atom stereocenters. The van der Waals surface area contributed by atoms with Crippen LogP contribution in [-0.4, -0.2) is 35.3 Å². The van der Waals surface area contributed by atoms with Gasteiger partial charge >= 0.3 is 0 Å². The fraction of sp³-hybridized carbons (Fsp3) is 0.385. The van der Waals surface area contributed by atoms with E-state index in [9.17, 15) is 4.79 Å². The normalized spacial score (nSPS) is 12.4. The maximum Gasteiger partial charge on any atom is 0.251 e. The average Bonchev–Trinajstić information content (AvgIpc) is 3.18. The number of hydrogen-bond donors (Lipinski definition) is 2. The minimum atomic E-state index is -0.167. The highest BCUT2D eigenvalue weighted by atomic mass is 32.2. The van der Waals surface area contributed by atoms with Crippen molar-refractivity contribution in [2.24, 2.45) is 0 Å². The van der Waals surface area contributed by atoms with Crippen molar-refractivity contribution in [1.82, 2.24) is 35.3 Å². The molecule has 9 nitrogen and oxygen atoms in total. The van der Waals surface area contributed by atoms with Gasteiger partial charge in [0, 0.05) is 11.8 Å². The molecule has 0 spiro atoms. The molecule has 2 N–H and O–H groups in total. The number of nitrogens with zero attached hydrogens (tertiary/aromatic N) is 5. The molecule has 0 radical (unpaired) electrons. The lowest BCUT2D eigenvalue weighted by atomic mass is 10.2. The molecule has 3 aromatic heterocycles. The summed E-state index contributed by atoms with van der Waals surface area (Å²) in [5, 5.41) is 10.6. The van der Waals surface area contributed by atoms with Crippen molar-refractivity contribution in [2.45, 2.75) is 37.1 Å². The van der Waals surface area contributed by atoms with Crippen LogP contribution in [0, 0.1) is 0 Å². The van der Waals surface area contributed by atoms with Gasteiger partial charge in [-0.15, -0.1) is 0 Å². The Morgan fingerprint density at radius 2 is 2.26 bits per heavy atom. The molecule has 0 aliphatic rings. The van der Waals surface area contributed by atoms with Gasteiger partial charge in [-0.2, -0.15) is 10.1 Å². The van der Waals surface area contributed by atoms with Crippen molar-refractivity contribution in [3.8, 4) is 11.6 Å². The Kier molecular flexibility index (Phi) is 4.51. The first-order chi connectivity index (χ1) is 11.2. The largest absolute Gasteiger partial charge is 0.338 e. The lowest BCUT2D eigenvalue weighted by Crippen LogP contribution is -2.10. The standard InChI is InChI=1S/C13H15N7O2S/c1-3-4-8-5-9(21)17-13(16-8)23-7(2)12-18-11(20-22-12)10-14-6-15-19-10/h5-7H,3-4H2,1-2H3,(H,14,15,19)(H,16,17,21)/t7-/m1/s1. The van der Waals surface area contributed by atoms with Gasteiger partial charge in [0.15, 0.2) is 11.0 Å². The summed E-state index contributed by atoms with van der Waals surface area (Å²) in [4.78, 5) is 27.1. The first-order valence-corrected chi connectivity index (χ1v) is 8.00. The molecule has 0 amide bonds. The molecular formula is C13H15N7O2S. The minimum Gasteiger partial charge on any atom is -0.338 e. The van der Waals surface area contributed by atoms with E-state index in [0.29, 0.717) is 22.7 Å². The Morgan fingerprint density at radius 1 is 1.39 bits per heavy atom. The van der Waals surface area contributed by atoms with Crippen LogP contribution in [-0.2, 0) is 6.42 Å². The number of aromatic amines is 2. The smallest absolute Gasteiger partial charge is 0.251 e. The van der Waals surface area contributed by atoms with Gasteiger partial charge in [-0.1, -0.05) is 30.3 Å². The Hall–Kier alpha value is -2.49. The third-order valence-corrected chi connectivity index (χ3v) is 3.96. The van der Waals surface area contributed by atoms with Crippen molar-refractivity contribution >= 4 is 11.8 Å². The van der Waals surface area contributed by atoms with Crippen LogP contribution in [0.1, 0.15) is 37.1 Å². The summed E-state index contributed by atoms with van der Waals surface area (Å²) in [6, 6.07) is 1.52. The van der Waals surface area contributed by atoms with Crippen LogP contribution in [0.3, 0.4) is 0 Å². The van der Waals surface area contributed by atoms with Gasteiger partial charge < -0.3 is 9.51 Å². The van der Waals surface area contributed by atoms with Gasteiger partial charge in [0.05, 0.1) is 5.25 Å². The van der Waals surface area contributed by atoms with Crippen LogP contribution in [0.2, 0.25) is 0 Å². The van der Waals surface area contributed by atoms with Gasteiger partial charge in [0.25, 0.3) is 5.56 Å². The molecule has 23 heavy (non-hydrogen) atoms.